The zero-order valence-electron chi connectivity index (χ0n) is 17.3. The normalized spacial score (nSPS) is 11.8. The van der Waals surface area contributed by atoms with Gasteiger partial charge in [-0.1, -0.05) is 96.8 Å². The first kappa shape index (κ1) is 25.4. The van der Waals surface area contributed by atoms with Gasteiger partial charge in [-0.25, -0.2) is 0 Å². The van der Waals surface area contributed by atoms with Crippen molar-refractivity contribution in [3.05, 3.63) is 0 Å². The monoisotopic (exact) mass is 371 g/mol. The molecule has 0 aromatic carbocycles. The highest BCUT2D eigenvalue weighted by Gasteiger charge is 2.34. The number of rotatable bonds is 20. The first-order chi connectivity index (χ1) is 12.6. The molecule has 0 rings (SSSR count). The SMILES string of the molecule is CCCCCCCCCCCCCCCCC(CCO)(CCO)C(N)=O. The number of nitrogens with two attached hydrogens (primary N) is 1. The second-order valence-corrected chi connectivity index (χ2v) is 7.94. The molecule has 4 nitrogen and oxygen atoms in total. The van der Waals surface area contributed by atoms with Gasteiger partial charge in [0.25, 0.3) is 0 Å². The van der Waals surface area contributed by atoms with Crippen LogP contribution in [-0.4, -0.2) is 29.3 Å². The van der Waals surface area contributed by atoms with Gasteiger partial charge in [0.15, 0.2) is 0 Å². The van der Waals surface area contributed by atoms with Gasteiger partial charge >= 0.3 is 0 Å². The predicted octanol–water partition coefficient (Wildman–Crippen LogP) is 5.09. The number of primary amides is 1. The molecule has 0 atom stereocenters. The zero-order chi connectivity index (χ0) is 19.5. The van der Waals surface area contributed by atoms with Crippen LogP contribution in [0.25, 0.3) is 0 Å². The van der Waals surface area contributed by atoms with E-state index in [2.05, 4.69) is 6.92 Å². The fourth-order valence-electron chi connectivity index (χ4n) is 3.83. The van der Waals surface area contributed by atoms with Crippen LogP contribution < -0.4 is 5.73 Å². The van der Waals surface area contributed by atoms with Gasteiger partial charge < -0.3 is 15.9 Å². The quantitative estimate of drug-likeness (QED) is 0.260. The van der Waals surface area contributed by atoms with Crippen LogP contribution in [0, 0.1) is 5.41 Å². The van der Waals surface area contributed by atoms with Gasteiger partial charge in [0, 0.05) is 13.2 Å². The van der Waals surface area contributed by atoms with Gasteiger partial charge in [0.1, 0.15) is 0 Å². The average molecular weight is 372 g/mol. The average Bonchev–Trinajstić information content (AvgIpc) is 2.62. The van der Waals surface area contributed by atoms with E-state index < -0.39 is 5.41 Å². The maximum absolute atomic E-state index is 11.8. The molecule has 0 aliphatic heterocycles. The summed E-state index contributed by atoms with van der Waals surface area (Å²) in [5.74, 6) is -0.379. The molecule has 0 aliphatic carbocycles. The largest absolute Gasteiger partial charge is 0.396 e. The van der Waals surface area contributed by atoms with E-state index in [1.807, 2.05) is 0 Å². The summed E-state index contributed by atoms with van der Waals surface area (Å²) in [7, 11) is 0. The minimum absolute atomic E-state index is 0.0540. The van der Waals surface area contributed by atoms with E-state index in [1.54, 1.807) is 0 Å². The molecule has 0 aliphatic rings. The second-order valence-electron chi connectivity index (χ2n) is 7.94. The molecular formula is C22H45NO3. The van der Waals surface area contributed by atoms with Crippen LogP contribution in [0.3, 0.4) is 0 Å². The Morgan fingerprint density at radius 2 is 1.00 bits per heavy atom. The van der Waals surface area contributed by atoms with Gasteiger partial charge in [0.05, 0.1) is 5.41 Å². The predicted molar refractivity (Wildman–Crippen MR) is 110 cm³/mol. The number of carbonyl (C=O) groups excluding carboxylic acids is 1. The maximum atomic E-state index is 11.8. The summed E-state index contributed by atoms with van der Waals surface area (Å²) in [6.07, 6.45) is 19.7. The molecule has 0 radical (unpaired) electrons. The van der Waals surface area contributed by atoms with Crippen LogP contribution >= 0.6 is 0 Å². The van der Waals surface area contributed by atoms with Crippen LogP contribution in [-0.2, 0) is 4.79 Å². The number of carbonyl (C=O) groups is 1. The molecule has 0 aromatic heterocycles. The summed E-state index contributed by atoms with van der Waals surface area (Å²) >= 11 is 0. The van der Waals surface area contributed by atoms with E-state index in [-0.39, 0.29) is 19.1 Å². The molecule has 4 heteroatoms. The lowest BCUT2D eigenvalue weighted by molar-refractivity contribution is -0.130. The van der Waals surface area contributed by atoms with Crippen molar-refractivity contribution in [3.63, 3.8) is 0 Å². The van der Waals surface area contributed by atoms with E-state index in [1.165, 1.54) is 77.0 Å². The van der Waals surface area contributed by atoms with Crippen molar-refractivity contribution in [1.29, 1.82) is 0 Å². The smallest absolute Gasteiger partial charge is 0.223 e. The Balaban J connectivity index is 3.57. The zero-order valence-corrected chi connectivity index (χ0v) is 17.3. The molecule has 0 bridgehead atoms. The van der Waals surface area contributed by atoms with E-state index in [4.69, 9.17) is 5.73 Å². The van der Waals surface area contributed by atoms with E-state index in [9.17, 15) is 15.0 Å². The minimum Gasteiger partial charge on any atom is -0.396 e. The Labute approximate surface area is 161 Å². The van der Waals surface area contributed by atoms with Crippen LogP contribution in [0.15, 0.2) is 0 Å². The highest BCUT2D eigenvalue weighted by molar-refractivity contribution is 5.80. The number of aliphatic hydroxyl groups excluding tert-OH is 2. The molecule has 0 spiro atoms. The Morgan fingerprint density at radius 3 is 1.31 bits per heavy atom. The Hall–Kier alpha value is -0.610. The Kier molecular flexibility index (Phi) is 17.4. The topological polar surface area (TPSA) is 83.6 Å². The summed E-state index contributed by atoms with van der Waals surface area (Å²) < 4.78 is 0. The lowest BCUT2D eigenvalue weighted by Crippen LogP contribution is -2.39. The van der Waals surface area contributed by atoms with Gasteiger partial charge in [-0.05, 0) is 19.3 Å². The third-order valence-corrected chi connectivity index (χ3v) is 5.71. The fourth-order valence-corrected chi connectivity index (χ4v) is 3.83. The van der Waals surface area contributed by atoms with Gasteiger partial charge in [-0.3, -0.25) is 4.79 Å². The summed E-state index contributed by atoms with van der Waals surface area (Å²) in [5, 5.41) is 18.4. The van der Waals surface area contributed by atoms with E-state index >= 15 is 0 Å². The molecule has 156 valence electrons. The van der Waals surface area contributed by atoms with Crippen LogP contribution in [0.4, 0.5) is 0 Å². The van der Waals surface area contributed by atoms with Gasteiger partial charge in [-0.2, -0.15) is 0 Å². The maximum Gasteiger partial charge on any atom is 0.223 e. The molecule has 0 unspecified atom stereocenters. The molecule has 26 heavy (non-hydrogen) atoms. The van der Waals surface area contributed by atoms with Crippen LogP contribution in [0.2, 0.25) is 0 Å². The van der Waals surface area contributed by atoms with Gasteiger partial charge in [0.2, 0.25) is 5.91 Å². The lowest BCUT2D eigenvalue weighted by Gasteiger charge is -2.29. The third kappa shape index (κ3) is 12.7. The van der Waals surface area contributed by atoms with Crippen molar-refractivity contribution in [2.45, 2.75) is 116 Å². The second kappa shape index (κ2) is 17.8. The summed E-state index contributed by atoms with van der Waals surface area (Å²) in [4.78, 5) is 11.8. The molecule has 4 N–H and O–H groups in total. The molecule has 0 heterocycles. The van der Waals surface area contributed by atoms with E-state index in [0.29, 0.717) is 19.3 Å². The van der Waals surface area contributed by atoms with Crippen molar-refractivity contribution in [2.75, 3.05) is 13.2 Å². The summed E-state index contributed by atoms with van der Waals surface area (Å²) in [6.45, 7) is 2.15. The summed E-state index contributed by atoms with van der Waals surface area (Å²) in [6, 6.07) is 0. The van der Waals surface area contributed by atoms with Crippen molar-refractivity contribution in [1.82, 2.24) is 0 Å². The molecule has 1 amide bonds. The molecule has 0 saturated carbocycles. The first-order valence-electron chi connectivity index (χ1n) is 11.1. The highest BCUT2D eigenvalue weighted by atomic mass is 16.3. The fraction of sp³-hybridized carbons (Fsp3) is 0.955. The number of hydrogen-bond acceptors (Lipinski definition) is 3. The molecule has 0 fully saturated rings. The van der Waals surface area contributed by atoms with Crippen molar-refractivity contribution in [3.8, 4) is 0 Å². The molecule has 0 saturated heterocycles. The van der Waals surface area contributed by atoms with Crippen molar-refractivity contribution in [2.24, 2.45) is 11.1 Å². The highest BCUT2D eigenvalue weighted by Crippen LogP contribution is 2.32. The molecular weight excluding hydrogens is 326 g/mol. The van der Waals surface area contributed by atoms with Crippen molar-refractivity contribution < 1.29 is 15.0 Å². The molecule has 0 aromatic rings. The van der Waals surface area contributed by atoms with E-state index in [0.717, 1.165) is 12.8 Å². The standard InChI is InChI=1S/C22H45NO3/c1-2-3-4-5-6-7-8-9-10-11-12-13-14-15-16-22(17-19-24,18-20-25)21(23)26/h24-25H,2-20H2,1H3,(H2,23,26). The van der Waals surface area contributed by atoms with Crippen LogP contribution in [0.5, 0.6) is 0 Å². The Bertz CT molecular complexity index is 315. The lowest BCUT2D eigenvalue weighted by atomic mass is 9.76. The number of unbranched alkanes of at least 4 members (excludes halogenated alkanes) is 13. The minimum atomic E-state index is -0.722. The first-order valence-corrected chi connectivity index (χ1v) is 11.1. The number of amides is 1. The van der Waals surface area contributed by atoms with Crippen molar-refractivity contribution >= 4 is 5.91 Å². The van der Waals surface area contributed by atoms with Gasteiger partial charge in [-0.15, -0.1) is 0 Å². The number of hydrogen-bond donors (Lipinski definition) is 3. The third-order valence-electron chi connectivity index (χ3n) is 5.71. The summed E-state index contributed by atoms with van der Waals surface area (Å²) in [5.41, 5.74) is 4.82. The van der Waals surface area contributed by atoms with Crippen LogP contribution in [0.1, 0.15) is 116 Å². The number of aliphatic hydroxyl groups is 2. The Morgan fingerprint density at radius 1 is 0.654 bits per heavy atom.